The van der Waals surface area contributed by atoms with Crippen molar-refractivity contribution in [3.63, 3.8) is 0 Å². The largest absolute Gasteiger partial charge is 0.465 e. The standard InChI is InChI=1S/C26H26N4O4S/c1-34-26(33)15-6-7-19-17(12-15)18-13-29(10-8-20(18)28-19)22(31)9-11-30-14-27-24-23(25(30)32)16-4-2-3-5-21(16)35-24/h6-7,12,14,28H,2-5,8-11,13H2,1H3. The van der Waals surface area contributed by atoms with E-state index in [9.17, 15) is 14.4 Å². The third-order valence-corrected chi connectivity index (χ3v) is 8.46. The van der Waals surface area contributed by atoms with Gasteiger partial charge in [0.05, 0.1) is 24.4 Å². The molecule has 1 aliphatic heterocycles. The van der Waals surface area contributed by atoms with Crippen LogP contribution in [-0.2, 0) is 41.9 Å². The third kappa shape index (κ3) is 3.74. The number of nitrogens with zero attached hydrogens (tertiary/aromatic N) is 3. The van der Waals surface area contributed by atoms with Gasteiger partial charge in [0.2, 0.25) is 5.91 Å². The zero-order valence-electron chi connectivity index (χ0n) is 19.6. The molecular formula is C26H26N4O4S. The maximum Gasteiger partial charge on any atom is 0.337 e. The number of hydrogen-bond donors (Lipinski definition) is 1. The highest BCUT2D eigenvalue weighted by Crippen LogP contribution is 2.33. The van der Waals surface area contributed by atoms with Crippen LogP contribution < -0.4 is 5.56 Å². The van der Waals surface area contributed by atoms with Gasteiger partial charge in [-0.15, -0.1) is 11.3 Å². The normalized spacial score (nSPS) is 15.3. The van der Waals surface area contributed by atoms with E-state index in [2.05, 4.69) is 9.97 Å². The summed E-state index contributed by atoms with van der Waals surface area (Å²) in [4.78, 5) is 50.2. The van der Waals surface area contributed by atoms with Crippen LogP contribution in [0.1, 0.15) is 51.3 Å². The molecule has 0 bridgehead atoms. The van der Waals surface area contributed by atoms with Crippen molar-refractivity contribution in [2.75, 3.05) is 13.7 Å². The molecule has 1 aliphatic carbocycles. The number of rotatable bonds is 4. The SMILES string of the molecule is COC(=O)c1ccc2[nH]c3c(c2c1)CN(C(=O)CCn1cnc2sc4c(c2c1=O)CCCC4)CC3. The topological polar surface area (TPSA) is 97.3 Å². The minimum absolute atomic E-state index is 0.00784. The van der Waals surface area contributed by atoms with Crippen LogP contribution in [0.15, 0.2) is 29.3 Å². The van der Waals surface area contributed by atoms with Crippen molar-refractivity contribution in [2.45, 2.75) is 51.6 Å². The summed E-state index contributed by atoms with van der Waals surface area (Å²) >= 11 is 1.64. The lowest BCUT2D eigenvalue weighted by molar-refractivity contribution is -0.132. The Morgan fingerprint density at radius 3 is 2.89 bits per heavy atom. The van der Waals surface area contributed by atoms with Crippen LogP contribution in [0.3, 0.4) is 0 Å². The van der Waals surface area contributed by atoms with Crippen molar-refractivity contribution in [1.82, 2.24) is 19.4 Å². The van der Waals surface area contributed by atoms with Gasteiger partial charge in [-0.3, -0.25) is 14.2 Å². The molecule has 35 heavy (non-hydrogen) atoms. The fourth-order valence-corrected chi connectivity index (χ4v) is 6.61. The summed E-state index contributed by atoms with van der Waals surface area (Å²) in [5.74, 6) is -0.373. The molecule has 1 amide bonds. The van der Waals surface area contributed by atoms with Crippen LogP contribution in [-0.4, -0.2) is 45.0 Å². The molecule has 4 aromatic rings. The molecule has 0 unspecified atom stereocenters. The lowest BCUT2D eigenvalue weighted by Crippen LogP contribution is -2.36. The monoisotopic (exact) mass is 490 g/mol. The molecule has 0 saturated heterocycles. The van der Waals surface area contributed by atoms with Crippen LogP contribution in [0.4, 0.5) is 0 Å². The van der Waals surface area contributed by atoms with Crippen molar-refractivity contribution in [3.8, 4) is 0 Å². The molecule has 8 nitrogen and oxygen atoms in total. The number of esters is 1. The molecule has 4 heterocycles. The predicted molar refractivity (Wildman–Crippen MR) is 134 cm³/mol. The second-order valence-corrected chi connectivity index (χ2v) is 10.4. The third-order valence-electron chi connectivity index (χ3n) is 7.26. The van der Waals surface area contributed by atoms with E-state index in [4.69, 9.17) is 4.74 Å². The Bertz CT molecular complexity index is 1550. The molecule has 6 rings (SSSR count). The van der Waals surface area contributed by atoms with Gasteiger partial charge >= 0.3 is 5.97 Å². The number of H-pyrrole nitrogens is 1. The number of hydrogen-bond acceptors (Lipinski definition) is 6. The Morgan fingerprint density at radius 1 is 1.17 bits per heavy atom. The number of carbonyl (C=O) groups is 2. The van der Waals surface area contributed by atoms with E-state index in [1.165, 1.54) is 24.0 Å². The first-order chi connectivity index (χ1) is 17.0. The maximum atomic E-state index is 13.2. The first-order valence-corrected chi connectivity index (χ1v) is 12.8. The van der Waals surface area contributed by atoms with E-state index in [-0.39, 0.29) is 23.9 Å². The molecule has 0 fully saturated rings. The van der Waals surface area contributed by atoms with Gasteiger partial charge in [0.15, 0.2) is 0 Å². The van der Waals surface area contributed by atoms with Gasteiger partial charge in [-0.05, 0) is 49.4 Å². The Hall–Kier alpha value is -3.46. The fourth-order valence-electron chi connectivity index (χ4n) is 5.39. The molecule has 3 aromatic heterocycles. The average molecular weight is 491 g/mol. The number of amides is 1. The number of fused-ring (bicyclic) bond motifs is 6. The first kappa shape index (κ1) is 22.0. The Labute approximate surface area is 205 Å². The molecule has 9 heteroatoms. The van der Waals surface area contributed by atoms with Gasteiger partial charge in [-0.2, -0.15) is 0 Å². The summed E-state index contributed by atoms with van der Waals surface area (Å²) in [6, 6.07) is 5.45. The number of thiophene rings is 1. The minimum atomic E-state index is -0.381. The van der Waals surface area contributed by atoms with E-state index in [0.717, 1.165) is 58.1 Å². The molecule has 2 aliphatic rings. The minimum Gasteiger partial charge on any atom is -0.465 e. The van der Waals surface area contributed by atoms with Crippen molar-refractivity contribution in [1.29, 1.82) is 0 Å². The van der Waals surface area contributed by atoms with Crippen molar-refractivity contribution in [2.24, 2.45) is 0 Å². The van der Waals surface area contributed by atoms with Gasteiger partial charge in [-0.25, -0.2) is 9.78 Å². The first-order valence-electron chi connectivity index (χ1n) is 12.0. The molecule has 0 spiro atoms. The highest BCUT2D eigenvalue weighted by molar-refractivity contribution is 7.18. The summed E-state index contributed by atoms with van der Waals surface area (Å²) in [6.45, 7) is 1.41. The fraction of sp³-hybridized carbons (Fsp3) is 0.385. The van der Waals surface area contributed by atoms with Crippen molar-refractivity contribution >= 4 is 44.3 Å². The Morgan fingerprint density at radius 2 is 2.03 bits per heavy atom. The summed E-state index contributed by atoms with van der Waals surface area (Å²) in [6.07, 6.45) is 6.79. The van der Waals surface area contributed by atoms with E-state index in [1.807, 2.05) is 17.0 Å². The molecule has 0 saturated carbocycles. The summed E-state index contributed by atoms with van der Waals surface area (Å²) < 4.78 is 6.44. The average Bonchev–Trinajstić information content (AvgIpc) is 3.45. The van der Waals surface area contributed by atoms with Crippen LogP contribution >= 0.6 is 11.3 Å². The quantitative estimate of drug-likeness (QED) is 0.441. The number of aryl methyl sites for hydroxylation is 3. The number of methoxy groups -OCH3 is 1. The summed E-state index contributed by atoms with van der Waals surface area (Å²) in [5, 5.41) is 1.69. The predicted octanol–water partition coefficient (Wildman–Crippen LogP) is 3.58. The van der Waals surface area contributed by atoms with Gasteiger partial charge in [0, 0.05) is 59.5 Å². The molecule has 180 valence electrons. The van der Waals surface area contributed by atoms with Gasteiger partial charge < -0.3 is 14.6 Å². The van der Waals surface area contributed by atoms with Gasteiger partial charge in [-0.1, -0.05) is 0 Å². The maximum absolute atomic E-state index is 13.2. The van der Waals surface area contributed by atoms with Crippen LogP contribution in [0, 0.1) is 0 Å². The number of aromatic nitrogens is 3. The summed E-state index contributed by atoms with van der Waals surface area (Å²) in [5.41, 5.74) is 4.71. The second kappa shape index (κ2) is 8.64. The van der Waals surface area contributed by atoms with Crippen molar-refractivity contribution < 1.29 is 14.3 Å². The number of ether oxygens (including phenoxy) is 1. The van der Waals surface area contributed by atoms with Gasteiger partial charge in [0.25, 0.3) is 5.56 Å². The zero-order chi connectivity index (χ0) is 24.1. The smallest absolute Gasteiger partial charge is 0.337 e. The number of aromatic amines is 1. The van der Waals surface area contributed by atoms with E-state index in [0.29, 0.717) is 25.2 Å². The van der Waals surface area contributed by atoms with Crippen molar-refractivity contribution in [3.05, 3.63) is 62.1 Å². The molecule has 0 radical (unpaired) electrons. The molecule has 1 aromatic carbocycles. The van der Waals surface area contributed by atoms with Crippen LogP contribution in [0.5, 0.6) is 0 Å². The van der Waals surface area contributed by atoms with E-state index >= 15 is 0 Å². The van der Waals surface area contributed by atoms with Crippen LogP contribution in [0.25, 0.3) is 21.1 Å². The zero-order valence-corrected chi connectivity index (χ0v) is 20.4. The molecular weight excluding hydrogens is 464 g/mol. The number of carbonyl (C=O) groups excluding carboxylic acids is 2. The summed E-state index contributed by atoms with van der Waals surface area (Å²) in [7, 11) is 1.37. The highest BCUT2D eigenvalue weighted by Gasteiger charge is 2.25. The lowest BCUT2D eigenvalue weighted by atomic mass is 9.97. The van der Waals surface area contributed by atoms with E-state index in [1.54, 1.807) is 28.3 Å². The Kier molecular flexibility index (Phi) is 5.44. The number of nitrogens with one attached hydrogen (secondary N) is 1. The lowest BCUT2D eigenvalue weighted by Gasteiger charge is -2.27. The molecule has 1 N–H and O–H groups in total. The Balaban J connectivity index is 1.21. The highest BCUT2D eigenvalue weighted by atomic mass is 32.1. The van der Waals surface area contributed by atoms with E-state index < -0.39 is 0 Å². The molecule has 0 atom stereocenters. The van der Waals surface area contributed by atoms with Crippen LogP contribution in [0.2, 0.25) is 0 Å². The number of benzene rings is 1. The second-order valence-electron chi connectivity index (χ2n) is 9.28. The van der Waals surface area contributed by atoms with Gasteiger partial charge in [0.1, 0.15) is 4.83 Å².